The third kappa shape index (κ3) is 3.30. The summed E-state index contributed by atoms with van der Waals surface area (Å²) in [5, 5.41) is 5.89. The fraction of sp³-hybridized carbons (Fsp3) is 0.562. The summed E-state index contributed by atoms with van der Waals surface area (Å²) in [6.07, 6.45) is 4.66. The number of carbonyl (C=O) groups excluding carboxylic acids is 1. The van der Waals surface area contributed by atoms with Crippen molar-refractivity contribution < 1.29 is 9.18 Å². The number of para-hydroxylation sites is 1. The molecule has 0 spiro atoms. The summed E-state index contributed by atoms with van der Waals surface area (Å²) in [6, 6.07) is 4.61. The standard InChI is InChI=1S/C16H23FN2O/c1-3-8-16(9-10-16)11-19-15(20)12-6-5-7-13(17)14(12)18-4-2/h5-7,18H,3-4,8-11H2,1-2H3,(H,19,20). The SMILES string of the molecule is CCCC1(CNC(=O)c2cccc(F)c2NCC)CC1. The third-order valence-electron chi connectivity index (χ3n) is 3.97. The molecule has 1 saturated carbocycles. The van der Waals surface area contributed by atoms with Crippen molar-refractivity contribution in [2.75, 3.05) is 18.4 Å². The van der Waals surface area contributed by atoms with Gasteiger partial charge in [-0.25, -0.2) is 4.39 Å². The molecule has 2 N–H and O–H groups in total. The van der Waals surface area contributed by atoms with Crippen molar-refractivity contribution in [3.8, 4) is 0 Å². The lowest BCUT2D eigenvalue weighted by molar-refractivity contribution is 0.0944. The molecule has 110 valence electrons. The van der Waals surface area contributed by atoms with Gasteiger partial charge in [0, 0.05) is 13.1 Å². The van der Waals surface area contributed by atoms with E-state index in [9.17, 15) is 9.18 Å². The number of nitrogens with one attached hydrogen (secondary N) is 2. The first kappa shape index (κ1) is 14.8. The lowest BCUT2D eigenvalue weighted by Crippen LogP contribution is -2.31. The predicted molar refractivity (Wildman–Crippen MR) is 79.5 cm³/mol. The molecule has 1 aromatic rings. The summed E-state index contributed by atoms with van der Waals surface area (Å²) >= 11 is 0. The number of anilines is 1. The fourth-order valence-corrected chi connectivity index (χ4v) is 2.66. The van der Waals surface area contributed by atoms with E-state index in [-0.39, 0.29) is 11.7 Å². The topological polar surface area (TPSA) is 41.1 Å². The molecule has 20 heavy (non-hydrogen) atoms. The van der Waals surface area contributed by atoms with E-state index < -0.39 is 0 Å². The van der Waals surface area contributed by atoms with Gasteiger partial charge in [0.15, 0.2) is 0 Å². The Kier molecular flexibility index (Phi) is 4.63. The largest absolute Gasteiger partial charge is 0.382 e. The van der Waals surface area contributed by atoms with E-state index in [1.165, 1.54) is 18.9 Å². The van der Waals surface area contributed by atoms with Gasteiger partial charge < -0.3 is 10.6 Å². The van der Waals surface area contributed by atoms with E-state index in [4.69, 9.17) is 0 Å². The van der Waals surface area contributed by atoms with Gasteiger partial charge in [0.2, 0.25) is 0 Å². The van der Waals surface area contributed by atoms with Crippen LogP contribution in [0.1, 0.15) is 49.9 Å². The molecule has 4 heteroatoms. The Hall–Kier alpha value is -1.58. The maximum atomic E-state index is 13.8. The van der Waals surface area contributed by atoms with Crippen LogP contribution in [0, 0.1) is 11.2 Å². The first-order valence-corrected chi connectivity index (χ1v) is 7.42. The minimum atomic E-state index is -0.380. The number of halogens is 1. The van der Waals surface area contributed by atoms with Crippen molar-refractivity contribution in [1.29, 1.82) is 0 Å². The summed E-state index contributed by atoms with van der Waals surface area (Å²) in [5.41, 5.74) is 0.989. The molecule has 0 atom stereocenters. The van der Waals surface area contributed by atoms with Crippen LogP contribution < -0.4 is 10.6 Å². The molecule has 1 fully saturated rings. The van der Waals surface area contributed by atoms with Crippen molar-refractivity contribution in [2.45, 2.75) is 39.5 Å². The number of hydrogen-bond acceptors (Lipinski definition) is 2. The monoisotopic (exact) mass is 278 g/mol. The number of rotatable bonds is 7. The Morgan fingerprint density at radius 2 is 2.10 bits per heavy atom. The van der Waals surface area contributed by atoms with Gasteiger partial charge in [-0.2, -0.15) is 0 Å². The van der Waals surface area contributed by atoms with Crippen molar-refractivity contribution >= 4 is 11.6 Å². The van der Waals surface area contributed by atoms with E-state index in [0.29, 0.717) is 29.8 Å². The van der Waals surface area contributed by atoms with Crippen LogP contribution in [0.4, 0.5) is 10.1 Å². The molecule has 0 aliphatic heterocycles. The Labute approximate surface area is 120 Å². The third-order valence-corrected chi connectivity index (χ3v) is 3.97. The smallest absolute Gasteiger partial charge is 0.253 e. The van der Waals surface area contributed by atoms with Gasteiger partial charge >= 0.3 is 0 Å². The quantitative estimate of drug-likeness (QED) is 0.800. The Bertz CT molecular complexity index is 483. The van der Waals surface area contributed by atoms with Crippen molar-refractivity contribution in [1.82, 2.24) is 5.32 Å². The van der Waals surface area contributed by atoms with E-state index in [0.717, 1.165) is 12.8 Å². The molecular weight excluding hydrogens is 255 g/mol. The van der Waals surface area contributed by atoms with Crippen LogP contribution >= 0.6 is 0 Å². The van der Waals surface area contributed by atoms with Gasteiger partial charge in [0.1, 0.15) is 5.82 Å². The van der Waals surface area contributed by atoms with Crippen LogP contribution in [0.5, 0.6) is 0 Å². The van der Waals surface area contributed by atoms with E-state index >= 15 is 0 Å². The van der Waals surface area contributed by atoms with Gasteiger partial charge in [-0.3, -0.25) is 4.79 Å². The molecule has 1 amide bonds. The van der Waals surface area contributed by atoms with Crippen LogP contribution in [0.25, 0.3) is 0 Å². The number of hydrogen-bond donors (Lipinski definition) is 2. The van der Waals surface area contributed by atoms with Gasteiger partial charge in [-0.05, 0) is 43.7 Å². The zero-order valence-electron chi connectivity index (χ0n) is 12.3. The van der Waals surface area contributed by atoms with Crippen LogP contribution in [-0.4, -0.2) is 19.0 Å². The lowest BCUT2D eigenvalue weighted by Gasteiger charge is -2.16. The highest BCUT2D eigenvalue weighted by atomic mass is 19.1. The molecule has 0 radical (unpaired) electrons. The number of carbonyl (C=O) groups is 1. The molecule has 1 aliphatic rings. The van der Waals surface area contributed by atoms with Gasteiger partial charge in [0.25, 0.3) is 5.91 Å². The van der Waals surface area contributed by atoms with Crippen LogP contribution in [0.3, 0.4) is 0 Å². The number of benzene rings is 1. The summed E-state index contributed by atoms with van der Waals surface area (Å²) in [4.78, 5) is 12.3. The average molecular weight is 278 g/mol. The van der Waals surface area contributed by atoms with E-state index in [2.05, 4.69) is 17.6 Å². The minimum absolute atomic E-state index is 0.192. The molecule has 3 nitrogen and oxygen atoms in total. The molecule has 1 aliphatic carbocycles. The van der Waals surface area contributed by atoms with Gasteiger partial charge in [-0.1, -0.05) is 19.4 Å². The zero-order valence-corrected chi connectivity index (χ0v) is 12.3. The Morgan fingerprint density at radius 1 is 1.35 bits per heavy atom. The molecule has 0 saturated heterocycles. The predicted octanol–water partition coefficient (Wildman–Crippen LogP) is 3.57. The summed E-state index contributed by atoms with van der Waals surface area (Å²) in [6.45, 7) is 5.33. The molecular formula is C16H23FN2O. The second-order valence-corrected chi connectivity index (χ2v) is 5.63. The average Bonchev–Trinajstić information content (AvgIpc) is 3.19. The molecule has 0 bridgehead atoms. The molecule has 1 aromatic carbocycles. The van der Waals surface area contributed by atoms with E-state index in [1.807, 2.05) is 6.92 Å². The molecule has 2 rings (SSSR count). The van der Waals surface area contributed by atoms with Crippen molar-refractivity contribution in [3.05, 3.63) is 29.6 Å². The highest BCUT2D eigenvalue weighted by Crippen LogP contribution is 2.48. The normalized spacial score (nSPS) is 15.8. The van der Waals surface area contributed by atoms with Gasteiger partial charge in [-0.15, -0.1) is 0 Å². The Morgan fingerprint density at radius 3 is 2.70 bits per heavy atom. The van der Waals surface area contributed by atoms with Crippen molar-refractivity contribution in [2.24, 2.45) is 5.41 Å². The summed E-state index contributed by atoms with van der Waals surface area (Å²) in [5.74, 6) is -0.572. The summed E-state index contributed by atoms with van der Waals surface area (Å²) < 4.78 is 13.8. The van der Waals surface area contributed by atoms with Gasteiger partial charge in [0.05, 0.1) is 11.3 Å². The summed E-state index contributed by atoms with van der Waals surface area (Å²) in [7, 11) is 0. The van der Waals surface area contributed by atoms with Crippen LogP contribution in [0.2, 0.25) is 0 Å². The highest BCUT2D eigenvalue weighted by molar-refractivity contribution is 5.99. The van der Waals surface area contributed by atoms with Crippen molar-refractivity contribution in [3.63, 3.8) is 0 Å². The van der Waals surface area contributed by atoms with Crippen LogP contribution in [0.15, 0.2) is 18.2 Å². The molecule has 0 unspecified atom stereocenters. The highest BCUT2D eigenvalue weighted by Gasteiger charge is 2.41. The molecule has 0 heterocycles. The minimum Gasteiger partial charge on any atom is -0.382 e. The lowest BCUT2D eigenvalue weighted by atomic mass is 10.0. The maximum absolute atomic E-state index is 13.8. The second kappa shape index (κ2) is 6.25. The zero-order chi connectivity index (χ0) is 14.6. The van der Waals surface area contributed by atoms with Crippen LogP contribution in [-0.2, 0) is 0 Å². The first-order chi connectivity index (χ1) is 9.62. The fourth-order valence-electron chi connectivity index (χ4n) is 2.66. The number of amides is 1. The second-order valence-electron chi connectivity index (χ2n) is 5.63. The first-order valence-electron chi connectivity index (χ1n) is 7.42. The Balaban J connectivity index is 2.04. The maximum Gasteiger partial charge on any atom is 0.253 e. The van der Waals surface area contributed by atoms with E-state index in [1.54, 1.807) is 12.1 Å². The molecule has 0 aromatic heterocycles.